The van der Waals surface area contributed by atoms with E-state index in [0.29, 0.717) is 0 Å². The average molecular weight is 759 g/mol. The van der Waals surface area contributed by atoms with Crippen LogP contribution in [0.5, 0.6) is 0 Å². The van der Waals surface area contributed by atoms with Crippen LogP contribution in [0.4, 0.5) is 0 Å². The van der Waals surface area contributed by atoms with Gasteiger partial charge >= 0.3 is 0 Å². The van der Waals surface area contributed by atoms with Crippen LogP contribution in [0.3, 0.4) is 0 Å². The van der Waals surface area contributed by atoms with Gasteiger partial charge in [0.25, 0.3) is 0 Å². The smallest absolute Gasteiger partial charge is 0.135 e. The third-order valence-electron chi connectivity index (χ3n) is 11.8. The Bertz CT molecular complexity index is 3810. The first kappa shape index (κ1) is 31.6. The van der Waals surface area contributed by atoms with Gasteiger partial charge in [-0.25, -0.2) is 0 Å². The van der Waals surface area contributed by atoms with Gasteiger partial charge in [0.1, 0.15) is 11.2 Å². The molecule has 0 aliphatic carbocycles. The molecule has 6 heteroatoms. The number of para-hydroxylation sites is 1. The molecule has 0 aliphatic rings. The van der Waals surface area contributed by atoms with Gasteiger partial charge in [-0.05, 0) is 101 Å². The second-order valence-corrected chi connectivity index (χ2v) is 16.0. The summed E-state index contributed by atoms with van der Waals surface area (Å²) in [6.45, 7) is 0. The van der Waals surface area contributed by atoms with Gasteiger partial charge in [-0.1, -0.05) is 91.0 Å². The Morgan fingerprint density at radius 3 is 1.59 bits per heavy atom. The van der Waals surface area contributed by atoms with E-state index in [0.717, 1.165) is 77.5 Å². The molecule has 0 saturated carbocycles. The van der Waals surface area contributed by atoms with E-state index in [9.17, 15) is 0 Å². The molecule has 270 valence electrons. The monoisotopic (exact) mass is 758 g/mol. The summed E-state index contributed by atoms with van der Waals surface area (Å²) in [6.07, 6.45) is 3.83. The number of hydrogen-bond donors (Lipinski definition) is 0. The molecule has 0 amide bonds. The highest BCUT2D eigenvalue weighted by atomic mass is 32.1. The molecule has 6 aromatic heterocycles. The molecule has 0 spiro atoms. The normalized spacial score (nSPS) is 12.1. The van der Waals surface area contributed by atoms with Crippen LogP contribution in [-0.2, 0) is 0 Å². The topological polar surface area (TPSA) is 48.8 Å². The van der Waals surface area contributed by atoms with Gasteiger partial charge in [0.2, 0.25) is 0 Å². The third-order valence-corrected chi connectivity index (χ3v) is 13.1. The number of furan rings is 1. The van der Waals surface area contributed by atoms with E-state index in [1.165, 1.54) is 42.1 Å². The van der Waals surface area contributed by atoms with Crippen LogP contribution in [0, 0.1) is 0 Å². The summed E-state index contributed by atoms with van der Waals surface area (Å²) >= 11 is 1.85. The molecule has 6 heterocycles. The van der Waals surface area contributed by atoms with Gasteiger partial charge in [-0.2, -0.15) is 0 Å². The molecule has 0 radical (unpaired) electrons. The van der Waals surface area contributed by atoms with Crippen molar-refractivity contribution >= 4 is 97.3 Å². The van der Waals surface area contributed by atoms with E-state index < -0.39 is 0 Å². The molecule has 0 fully saturated rings. The molecular weight excluding hydrogens is 729 g/mol. The van der Waals surface area contributed by atoms with Crippen LogP contribution in [0.2, 0.25) is 0 Å². The first-order valence-corrected chi connectivity index (χ1v) is 20.3. The van der Waals surface area contributed by atoms with Crippen LogP contribution in [0.25, 0.3) is 120 Å². The Balaban J connectivity index is 1.03. The molecule has 0 saturated heterocycles. The van der Waals surface area contributed by atoms with Crippen LogP contribution in [0.15, 0.2) is 187 Å². The maximum atomic E-state index is 6.15. The molecular formula is C52H30N4OS. The van der Waals surface area contributed by atoms with Crippen molar-refractivity contribution in [2.45, 2.75) is 0 Å². The standard InChI is InChI=1S/C52H30N4OS/c1-2-10-31(11-3-1)32-12-6-14-35(28-32)55-41-23-21-38-39-22-24-42-48(52(39)58-51(38)47(41)49-43(55)17-8-26-53-49)50-44(18-9-27-54-50)56(42)36-15-7-13-33(29-36)34-20-25-46-40(30-34)37-16-4-5-19-45(37)57-46/h1-30H. The zero-order valence-corrected chi connectivity index (χ0v) is 31.7. The fraction of sp³-hybridized carbons (Fsp3) is 0. The zero-order valence-electron chi connectivity index (χ0n) is 30.9. The summed E-state index contributed by atoms with van der Waals surface area (Å²) in [5.41, 5.74) is 15.2. The maximum Gasteiger partial charge on any atom is 0.135 e. The lowest BCUT2D eigenvalue weighted by Crippen LogP contribution is -1.94. The largest absolute Gasteiger partial charge is 0.456 e. The minimum Gasteiger partial charge on any atom is -0.456 e. The number of aromatic nitrogens is 4. The van der Waals surface area contributed by atoms with Crippen LogP contribution >= 0.6 is 11.3 Å². The number of pyridine rings is 2. The molecule has 0 N–H and O–H groups in total. The quantitative estimate of drug-likeness (QED) is 0.180. The van der Waals surface area contributed by atoms with E-state index in [1.807, 2.05) is 48.0 Å². The number of benzene rings is 7. The van der Waals surface area contributed by atoms with E-state index in [4.69, 9.17) is 14.4 Å². The summed E-state index contributed by atoms with van der Waals surface area (Å²) in [6, 6.07) is 60.6. The Morgan fingerprint density at radius 2 is 0.931 bits per heavy atom. The summed E-state index contributed by atoms with van der Waals surface area (Å²) in [4.78, 5) is 10.1. The van der Waals surface area contributed by atoms with Crippen molar-refractivity contribution in [1.29, 1.82) is 0 Å². The molecule has 0 aliphatic heterocycles. The molecule has 0 bridgehead atoms. The summed E-state index contributed by atoms with van der Waals surface area (Å²) in [5.74, 6) is 0. The van der Waals surface area contributed by atoms with Gasteiger partial charge in [0.15, 0.2) is 0 Å². The third kappa shape index (κ3) is 4.46. The molecule has 7 aromatic carbocycles. The predicted molar refractivity (Wildman–Crippen MR) is 242 cm³/mol. The fourth-order valence-corrected chi connectivity index (χ4v) is 10.6. The molecule has 13 aromatic rings. The number of rotatable bonds is 4. The van der Waals surface area contributed by atoms with Gasteiger partial charge in [0.05, 0.1) is 33.1 Å². The van der Waals surface area contributed by atoms with Crippen molar-refractivity contribution < 1.29 is 4.42 Å². The van der Waals surface area contributed by atoms with Gasteiger partial charge in [-0.3, -0.25) is 9.97 Å². The van der Waals surface area contributed by atoms with Crippen molar-refractivity contribution in [2.75, 3.05) is 0 Å². The van der Waals surface area contributed by atoms with Gasteiger partial charge in [0, 0.05) is 65.5 Å². The van der Waals surface area contributed by atoms with Crippen molar-refractivity contribution in [1.82, 2.24) is 19.1 Å². The molecule has 0 atom stereocenters. The van der Waals surface area contributed by atoms with E-state index in [2.05, 4.69) is 155 Å². The summed E-state index contributed by atoms with van der Waals surface area (Å²) in [5, 5.41) is 7.08. The average Bonchev–Trinajstić information content (AvgIpc) is 4.04. The minimum atomic E-state index is 0.900. The highest BCUT2D eigenvalue weighted by Gasteiger charge is 2.22. The van der Waals surface area contributed by atoms with E-state index >= 15 is 0 Å². The Morgan fingerprint density at radius 1 is 0.379 bits per heavy atom. The fourth-order valence-electron chi connectivity index (χ4n) is 9.25. The first-order valence-electron chi connectivity index (χ1n) is 19.5. The number of fused-ring (bicyclic) bond motifs is 14. The Kier molecular flexibility index (Phi) is 6.54. The second kappa shape index (κ2) is 12.0. The van der Waals surface area contributed by atoms with E-state index in [1.54, 1.807) is 0 Å². The lowest BCUT2D eigenvalue weighted by Gasteiger charge is -2.10. The lowest BCUT2D eigenvalue weighted by atomic mass is 10.0. The Hall–Kier alpha value is -7.54. The minimum absolute atomic E-state index is 0.900. The summed E-state index contributed by atoms with van der Waals surface area (Å²) < 4.78 is 13.4. The van der Waals surface area contributed by atoms with Crippen LogP contribution in [-0.4, -0.2) is 19.1 Å². The lowest BCUT2D eigenvalue weighted by molar-refractivity contribution is 0.669. The second-order valence-electron chi connectivity index (χ2n) is 15.0. The molecule has 5 nitrogen and oxygen atoms in total. The SMILES string of the molecule is c1ccc(-c2cccc(-n3c4cccnc4c4c5sc6c(ccc7c6c6ncccc6n7-c6cccc(-c7ccc8oc9ccccc9c8c7)c6)c5ccc43)c2)cc1. The molecule has 13 rings (SSSR count). The van der Waals surface area contributed by atoms with Crippen molar-refractivity contribution in [3.63, 3.8) is 0 Å². The number of hydrogen-bond acceptors (Lipinski definition) is 4. The van der Waals surface area contributed by atoms with E-state index in [-0.39, 0.29) is 0 Å². The number of nitrogens with zero attached hydrogens (tertiary/aromatic N) is 4. The van der Waals surface area contributed by atoms with Crippen molar-refractivity contribution in [2.24, 2.45) is 0 Å². The van der Waals surface area contributed by atoms with Crippen LogP contribution in [0.1, 0.15) is 0 Å². The van der Waals surface area contributed by atoms with Crippen LogP contribution < -0.4 is 0 Å². The summed E-state index contributed by atoms with van der Waals surface area (Å²) in [7, 11) is 0. The number of thiophene rings is 1. The molecule has 58 heavy (non-hydrogen) atoms. The Labute approximate surface area is 335 Å². The van der Waals surface area contributed by atoms with Gasteiger partial charge < -0.3 is 13.6 Å². The zero-order chi connectivity index (χ0) is 37.9. The predicted octanol–water partition coefficient (Wildman–Crippen LogP) is 14.3. The maximum absolute atomic E-state index is 6.15. The molecule has 0 unspecified atom stereocenters. The highest BCUT2D eigenvalue weighted by molar-refractivity contribution is 7.27. The van der Waals surface area contributed by atoms with Crippen molar-refractivity contribution in [3.05, 3.63) is 182 Å². The van der Waals surface area contributed by atoms with Crippen molar-refractivity contribution in [3.8, 4) is 33.6 Å². The van der Waals surface area contributed by atoms with Gasteiger partial charge in [-0.15, -0.1) is 11.3 Å². The highest BCUT2D eigenvalue weighted by Crippen LogP contribution is 2.47. The first-order chi connectivity index (χ1) is 28.8.